The van der Waals surface area contributed by atoms with Gasteiger partial charge in [-0.1, -0.05) is 13.8 Å². The number of aliphatic hydroxyl groups is 1. The molecule has 1 aromatic rings. The third kappa shape index (κ3) is 4.98. The summed E-state index contributed by atoms with van der Waals surface area (Å²) in [7, 11) is 0. The zero-order valence-corrected chi connectivity index (χ0v) is 11.2. The molecular formula is C12H20ClFN2O. The Bertz CT molecular complexity index is 336. The third-order valence-corrected chi connectivity index (χ3v) is 2.69. The lowest BCUT2D eigenvalue weighted by Crippen LogP contribution is -2.38. The second kappa shape index (κ2) is 7.58. The van der Waals surface area contributed by atoms with Gasteiger partial charge >= 0.3 is 0 Å². The van der Waals surface area contributed by atoms with Crippen molar-refractivity contribution in [3.63, 3.8) is 0 Å². The minimum atomic E-state index is -0.337. The van der Waals surface area contributed by atoms with Gasteiger partial charge < -0.3 is 10.4 Å². The molecule has 0 saturated heterocycles. The maximum atomic E-state index is 13.0. The number of aromatic nitrogens is 1. The highest BCUT2D eigenvalue weighted by molar-refractivity contribution is 5.85. The molecule has 1 unspecified atom stereocenters. The molecule has 2 N–H and O–H groups in total. The first-order valence-corrected chi connectivity index (χ1v) is 5.52. The van der Waals surface area contributed by atoms with E-state index in [1.54, 1.807) is 6.20 Å². The summed E-state index contributed by atoms with van der Waals surface area (Å²) in [6, 6.07) is 1.44. The number of hydrogen-bond donors (Lipinski definition) is 2. The number of aliphatic hydroxyl groups excluding tert-OH is 1. The van der Waals surface area contributed by atoms with E-state index in [2.05, 4.69) is 10.3 Å². The predicted molar refractivity (Wildman–Crippen MR) is 68.7 cm³/mol. The van der Waals surface area contributed by atoms with Gasteiger partial charge in [-0.05, 0) is 24.5 Å². The van der Waals surface area contributed by atoms with Crippen LogP contribution in [0.3, 0.4) is 0 Å². The van der Waals surface area contributed by atoms with Crippen LogP contribution in [0.4, 0.5) is 4.39 Å². The van der Waals surface area contributed by atoms with E-state index >= 15 is 0 Å². The smallest absolute Gasteiger partial charge is 0.141 e. The van der Waals surface area contributed by atoms with Gasteiger partial charge in [0.25, 0.3) is 0 Å². The van der Waals surface area contributed by atoms with E-state index in [1.807, 2.05) is 20.8 Å². The maximum Gasteiger partial charge on any atom is 0.141 e. The molecule has 3 nitrogen and oxygen atoms in total. The topological polar surface area (TPSA) is 45.1 Å². The summed E-state index contributed by atoms with van der Waals surface area (Å²) in [4.78, 5) is 3.81. The first kappa shape index (κ1) is 16.3. The van der Waals surface area contributed by atoms with Gasteiger partial charge in [0.05, 0.1) is 12.8 Å². The number of nitrogens with zero attached hydrogens (tertiary/aromatic N) is 1. The van der Waals surface area contributed by atoms with Crippen molar-refractivity contribution in [2.24, 2.45) is 5.92 Å². The van der Waals surface area contributed by atoms with Gasteiger partial charge in [0, 0.05) is 18.3 Å². The zero-order chi connectivity index (χ0) is 12.1. The molecular weight excluding hydrogens is 243 g/mol. The SMILES string of the molecule is CC(N[C@H](CO)C(C)C)c1cncc(F)c1.Cl. The fourth-order valence-corrected chi connectivity index (χ4v) is 1.54. The molecule has 0 radical (unpaired) electrons. The zero-order valence-electron chi connectivity index (χ0n) is 10.4. The van der Waals surface area contributed by atoms with E-state index in [4.69, 9.17) is 0 Å². The van der Waals surface area contributed by atoms with Crippen LogP contribution in [0.25, 0.3) is 0 Å². The predicted octanol–water partition coefficient (Wildman–Crippen LogP) is 2.31. The highest BCUT2D eigenvalue weighted by Gasteiger charge is 2.16. The molecule has 0 aromatic carbocycles. The Hall–Kier alpha value is -0.710. The largest absolute Gasteiger partial charge is 0.395 e. The van der Waals surface area contributed by atoms with E-state index < -0.39 is 0 Å². The molecule has 0 bridgehead atoms. The fraction of sp³-hybridized carbons (Fsp3) is 0.583. The minimum Gasteiger partial charge on any atom is -0.395 e. The molecule has 5 heteroatoms. The van der Waals surface area contributed by atoms with Gasteiger partial charge in [-0.25, -0.2) is 4.39 Å². The van der Waals surface area contributed by atoms with Gasteiger partial charge in [0.2, 0.25) is 0 Å². The van der Waals surface area contributed by atoms with Gasteiger partial charge in [0.15, 0.2) is 0 Å². The Morgan fingerprint density at radius 1 is 1.35 bits per heavy atom. The average molecular weight is 263 g/mol. The van der Waals surface area contributed by atoms with Gasteiger partial charge in [-0.15, -0.1) is 12.4 Å². The Morgan fingerprint density at radius 3 is 2.47 bits per heavy atom. The highest BCUT2D eigenvalue weighted by atomic mass is 35.5. The Labute approximate surface area is 108 Å². The van der Waals surface area contributed by atoms with Crippen LogP contribution in [0.1, 0.15) is 32.4 Å². The number of rotatable bonds is 5. The minimum absolute atomic E-state index is 0. The van der Waals surface area contributed by atoms with E-state index in [0.29, 0.717) is 5.92 Å². The Balaban J connectivity index is 0.00000256. The van der Waals surface area contributed by atoms with Crippen molar-refractivity contribution in [2.45, 2.75) is 32.9 Å². The summed E-state index contributed by atoms with van der Waals surface area (Å²) in [5.41, 5.74) is 0.791. The summed E-state index contributed by atoms with van der Waals surface area (Å²) in [6.45, 7) is 6.07. The molecule has 0 aliphatic heterocycles. The lowest BCUT2D eigenvalue weighted by molar-refractivity contribution is 0.201. The van der Waals surface area contributed by atoms with Crippen molar-refractivity contribution >= 4 is 12.4 Å². The van der Waals surface area contributed by atoms with Gasteiger partial charge in [-0.2, -0.15) is 0 Å². The van der Waals surface area contributed by atoms with Crippen molar-refractivity contribution in [3.05, 3.63) is 29.8 Å². The molecule has 1 rings (SSSR count). The Morgan fingerprint density at radius 2 is 2.00 bits per heavy atom. The van der Waals surface area contributed by atoms with Gasteiger partial charge in [0.1, 0.15) is 5.82 Å². The van der Waals surface area contributed by atoms with Crippen LogP contribution >= 0.6 is 12.4 Å². The molecule has 0 aliphatic rings. The van der Waals surface area contributed by atoms with Gasteiger partial charge in [-0.3, -0.25) is 4.98 Å². The van der Waals surface area contributed by atoms with Crippen LogP contribution in [0.15, 0.2) is 18.5 Å². The van der Waals surface area contributed by atoms with Crippen molar-refractivity contribution in [1.29, 1.82) is 0 Å². The number of pyridine rings is 1. The summed E-state index contributed by atoms with van der Waals surface area (Å²) in [5.74, 6) is -0.00906. The summed E-state index contributed by atoms with van der Waals surface area (Å²) in [5, 5.41) is 12.4. The second-order valence-electron chi connectivity index (χ2n) is 4.36. The molecule has 98 valence electrons. The maximum absolute atomic E-state index is 13.0. The van der Waals surface area contributed by atoms with Crippen molar-refractivity contribution in [2.75, 3.05) is 6.61 Å². The lowest BCUT2D eigenvalue weighted by Gasteiger charge is -2.24. The second-order valence-corrected chi connectivity index (χ2v) is 4.36. The molecule has 0 saturated carbocycles. The van der Waals surface area contributed by atoms with Crippen LogP contribution in [-0.4, -0.2) is 22.7 Å². The van der Waals surface area contributed by atoms with Crippen LogP contribution in [0, 0.1) is 11.7 Å². The monoisotopic (exact) mass is 262 g/mol. The number of nitrogens with one attached hydrogen (secondary N) is 1. The molecule has 1 aromatic heterocycles. The quantitative estimate of drug-likeness (QED) is 0.856. The molecule has 0 aliphatic carbocycles. The molecule has 0 spiro atoms. The normalized spacial score (nSPS) is 14.2. The summed E-state index contributed by atoms with van der Waals surface area (Å²) in [6.07, 6.45) is 2.82. The van der Waals surface area contributed by atoms with Crippen LogP contribution < -0.4 is 5.32 Å². The van der Waals surface area contributed by atoms with Crippen LogP contribution in [-0.2, 0) is 0 Å². The Kier molecular flexibility index (Phi) is 7.27. The average Bonchev–Trinajstić information content (AvgIpc) is 2.25. The summed E-state index contributed by atoms with van der Waals surface area (Å²) >= 11 is 0. The van der Waals surface area contributed by atoms with E-state index in [9.17, 15) is 9.50 Å². The summed E-state index contributed by atoms with van der Waals surface area (Å²) < 4.78 is 13.0. The number of hydrogen-bond acceptors (Lipinski definition) is 3. The molecule has 1 heterocycles. The molecule has 0 fully saturated rings. The standard InChI is InChI=1S/C12H19FN2O.ClH/c1-8(2)12(7-16)15-9(3)10-4-11(13)6-14-5-10;/h4-6,8-9,12,15-16H,7H2,1-3H3;1H/t9?,12-;/m1./s1. The molecule has 0 amide bonds. The van der Waals surface area contributed by atoms with Crippen molar-refractivity contribution in [3.8, 4) is 0 Å². The van der Waals surface area contributed by atoms with E-state index in [1.165, 1.54) is 12.3 Å². The first-order valence-electron chi connectivity index (χ1n) is 5.52. The van der Waals surface area contributed by atoms with E-state index in [-0.39, 0.29) is 36.9 Å². The van der Waals surface area contributed by atoms with Crippen molar-refractivity contribution < 1.29 is 9.50 Å². The first-order chi connectivity index (χ1) is 7.54. The van der Waals surface area contributed by atoms with Crippen LogP contribution in [0.2, 0.25) is 0 Å². The number of halogens is 2. The molecule has 2 atom stereocenters. The van der Waals surface area contributed by atoms with Crippen molar-refractivity contribution in [1.82, 2.24) is 10.3 Å². The van der Waals surface area contributed by atoms with E-state index in [0.717, 1.165) is 5.56 Å². The van der Waals surface area contributed by atoms with Crippen LogP contribution in [0.5, 0.6) is 0 Å². The highest BCUT2D eigenvalue weighted by Crippen LogP contribution is 2.14. The third-order valence-electron chi connectivity index (χ3n) is 2.69. The fourth-order valence-electron chi connectivity index (χ4n) is 1.54. The molecule has 17 heavy (non-hydrogen) atoms. The lowest BCUT2D eigenvalue weighted by atomic mass is 10.0.